The van der Waals surface area contributed by atoms with Crippen molar-refractivity contribution in [2.75, 3.05) is 13.1 Å². The molecule has 1 aliphatic heterocycles. The number of amides is 2. The Morgan fingerprint density at radius 1 is 1.46 bits per heavy atom. The number of aliphatic carboxylic acids is 1. The van der Waals surface area contributed by atoms with Crippen LogP contribution in [0.15, 0.2) is 18.2 Å². The number of rotatable bonds is 5. The van der Waals surface area contributed by atoms with Crippen molar-refractivity contribution >= 4 is 12.0 Å². The van der Waals surface area contributed by atoms with Crippen LogP contribution in [0, 0.1) is 11.2 Å². The number of ether oxygens (including phenoxy) is 1. The number of urea groups is 1. The molecule has 1 aliphatic rings. The third kappa shape index (κ3) is 4.09. The Bertz CT molecular complexity index is 641. The fourth-order valence-corrected chi connectivity index (χ4v) is 2.44. The Morgan fingerprint density at radius 2 is 2.17 bits per heavy atom. The molecule has 0 radical (unpaired) electrons. The lowest BCUT2D eigenvalue weighted by atomic mass is 9.90. The fourth-order valence-electron chi connectivity index (χ4n) is 2.44. The van der Waals surface area contributed by atoms with E-state index < -0.39 is 35.6 Å². The van der Waals surface area contributed by atoms with Crippen molar-refractivity contribution in [1.29, 1.82) is 0 Å². The number of carbonyl (C=O) groups is 2. The van der Waals surface area contributed by atoms with Crippen LogP contribution < -0.4 is 10.1 Å². The van der Waals surface area contributed by atoms with E-state index in [4.69, 9.17) is 5.11 Å². The van der Waals surface area contributed by atoms with E-state index in [1.165, 1.54) is 11.0 Å². The van der Waals surface area contributed by atoms with Gasteiger partial charge >= 0.3 is 18.6 Å². The zero-order chi connectivity index (χ0) is 17.9. The topological polar surface area (TPSA) is 78.9 Å². The molecule has 1 heterocycles. The largest absolute Gasteiger partial charge is 0.481 e. The third-order valence-electron chi connectivity index (χ3n) is 3.93. The molecular weight excluding hydrogens is 329 g/mol. The molecule has 1 atom stereocenters. The number of alkyl halides is 2. The number of nitrogens with zero attached hydrogens (tertiary/aromatic N) is 1. The van der Waals surface area contributed by atoms with Crippen molar-refractivity contribution in [2.24, 2.45) is 5.41 Å². The summed E-state index contributed by atoms with van der Waals surface area (Å²) in [6.45, 7) is -1.18. The van der Waals surface area contributed by atoms with Gasteiger partial charge in [0.25, 0.3) is 0 Å². The fraction of sp³-hybridized carbons (Fsp3) is 0.467. The molecule has 1 aromatic rings. The van der Waals surface area contributed by atoms with Crippen molar-refractivity contribution in [1.82, 2.24) is 10.2 Å². The van der Waals surface area contributed by atoms with Crippen molar-refractivity contribution in [3.05, 3.63) is 29.6 Å². The van der Waals surface area contributed by atoms with Crippen LogP contribution >= 0.6 is 0 Å². The Labute approximate surface area is 136 Å². The van der Waals surface area contributed by atoms with Gasteiger partial charge in [0.2, 0.25) is 0 Å². The minimum Gasteiger partial charge on any atom is -0.481 e. The number of benzene rings is 1. The van der Waals surface area contributed by atoms with Gasteiger partial charge in [0.1, 0.15) is 0 Å². The van der Waals surface area contributed by atoms with Crippen molar-refractivity contribution in [3.63, 3.8) is 0 Å². The number of likely N-dealkylation sites (tertiary alicyclic amines) is 1. The molecule has 2 amide bonds. The van der Waals surface area contributed by atoms with Gasteiger partial charge in [0, 0.05) is 19.6 Å². The second-order valence-corrected chi connectivity index (χ2v) is 5.84. The van der Waals surface area contributed by atoms with Crippen LogP contribution in [0.4, 0.5) is 18.0 Å². The van der Waals surface area contributed by atoms with Crippen LogP contribution in [0.1, 0.15) is 18.9 Å². The standard InChI is InChI=1S/C15H17F3N2O4/c1-15(12(21)22)4-5-20(8-15)14(23)19-7-9-2-3-11(10(16)6-9)24-13(17)18/h2-3,6,13H,4-5,7-8H2,1H3,(H,19,23)(H,21,22). The van der Waals surface area contributed by atoms with Gasteiger partial charge in [-0.3, -0.25) is 4.79 Å². The molecule has 24 heavy (non-hydrogen) atoms. The molecule has 1 unspecified atom stereocenters. The molecule has 0 aliphatic carbocycles. The third-order valence-corrected chi connectivity index (χ3v) is 3.93. The summed E-state index contributed by atoms with van der Waals surface area (Å²) in [6, 6.07) is 2.93. The maximum absolute atomic E-state index is 13.6. The van der Waals surface area contributed by atoms with E-state index in [1.807, 2.05) is 0 Å². The van der Waals surface area contributed by atoms with E-state index in [1.54, 1.807) is 6.92 Å². The summed E-state index contributed by atoms with van der Waals surface area (Å²) in [4.78, 5) is 24.6. The molecule has 1 saturated heterocycles. The van der Waals surface area contributed by atoms with Crippen LogP contribution in [0.25, 0.3) is 0 Å². The maximum Gasteiger partial charge on any atom is 0.387 e. The summed E-state index contributed by atoms with van der Waals surface area (Å²) in [5, 5.41) is 11.7. The van der Waals surface area contributed by atoms with Crippen LogP contribution in [-0.4, -0.2) is 41.7 Å². The highest BCUT2D eigenvalue weighted by molar-refractivity contribution is 5.79. The Hall–Kier alpha value is -2.45. The van der Waals surface area contributed by atoms with E-state index in [0.717, 1.165) is 12.1 Å². The molecule has 0 bridgehead atoms. The minimum atomic E-state index is -3.12. The smallest absolute Gasteiger partial charge is 0.387 e. The minimum absolute atomic E-state index is 0.0228. The highest BCUT2D eigenvalue weighted by Gasteiger charge is 2.42. The monoisotopic (exact) mass is 346 g/mol. The molecule has 132 valence electrons. The number of halogens is 3. The van der Waals surface area contributed by atoms with Crippen LogP contribution in [0.2, 0.25) is 0 Å². The van der Waals surface area contributed by atoms with E-state index >= 15 is 0 Å². The van der Waals surface area contributed by atoms with Gasteiger partial charge in [0.15, 0.2) is 11.6 Å². The molecule has 0 aromatic heterocycles. The molecule has 2 N–H and O–H groups in total. The van der Waals surface area contributed by atoms with E-state index in [-0.39, 0.29) is 13.1 Å². The SMILES string of the molecule is CC1(C(=O)O)CCN(C(=O)NCc2ccc(OC(F)F)c(F)c2)C1. The molecule has 1 aromatic carbocycles. The quantitative estimate of drug-likeness (QED) is 0.858. The number of hydrogen-bond acceptors (Lipinski definition) is 3. The summed E-state index contributed by atoms with van der Waals surface area (Å²) >= 11 is 0. The zero-order valence-electron chi connectivity index (χ0n) is 12.9. The number of carboxylic acid groups (broad SMARTS) is 1. The van der Waals surface area contributed by atoms with Gasteiger partial charge < -0.3 is 20.1 Å². The van der Waals surface area contributed by atoms with E-state index in [9.17, 15) is 22.8 Å². The van der Waals surface area contributed by atoms with Gasteiger partial charge in [-0.25, -0.2) is 9.18 Å². The Kier molecular flexibility index (Phi) is 5.20. The van der Waals surface area contributed by atoms with Crippen LogP contribution in [0.3, 0.4) is 0 Å². The number of carboxylic acids is 1. The highest BCUT2D eigenvalue weighted by Crippen LogP contribution is 2.30. The van der Waals surface area contributed by atoms with E-state index in [2.05, 4.69) is 10.1 Å². The average Bonchev–Trinajstić information content (AvgIpc) is 2.91. The van der Waals surface area contributed by atoms with Crippen LogP contribution in [-0.2, 0) is 11.3 Å². The van der Waals surface area contributed by atoms with Gasteiger partial charge in [-0.1, -0.05) is 6.07 Å². The first kappa shape index (κ1) is 17.9. The van der Waals surface area contributed by atoms with Crippen LogP contribution in [0.5, 0.6) is 5.75 Å². The number of carbonyl (C=O) groups excluding carboxylic acids is 1. The first-order valence-corrected chi connectivity index (χ1v) is 7.21. The summed E-state index contributed by atoms with van der Waals surface area (Å²) in [5.41, 5.74) is -0.611. The molecule has 1 fully saturated rings. The molecule has 0 spiro atoms. The van der Waals surface area contributed by atoms with Crippen molar-refractivity contribution in [2.45, 2.75) is 26.5 Å². The summed E-state index contributed by atoms with van der Waals surface area (Å²) in [5.74, 6) is -2.49. The average molecular weight is 346 g/mol. The van der Waals surface area contributed by atoms with Gasteiger partial charge in [0.05, 0.1) is 5.41 Å². The van der Waals surface area contributed by atoms with Crippen molar-refractivity contribution < 1.29 is 32.6 Å². The lowest BCUT2D eigenvalue weighted by Crippen LogP contribution is -2.40. The molecule has 9 heteroatoms. The maximum atomic E-state index is 13.6. The number of nitrogens with one attached hydrogen (secondary N) is 1. The first-order chi connectivity index (χ1) is 11.2. The summed E-state index contributed by atoms with van der Waals surface area (Å²) in [7, 11) is 0. The molecule has 0 saturated carbocycles. The van der Waals surface area contributed by atoms with Gasteiger partial charge in [-0.05, 0) is 31.0 Å². The predicted octanol–water partition coefficient (Wildman–Crippen LogP) is 2.43. The number of hydrogen-bond donors (Lipinski definition) is 2. The second-order valence-electron chi connectivity index (χ2n) is 5.84. The molecule has 2 rings (SSSR count). The first-order valence-electron chi connectivity index (χ1n) is 7.21. The second kappa shape index (κ2) is 6.98. The lowest BCUT2D eigenvalue weighted by molar-refractivity contribution is -0.147. The van der Waals surface area contributed by atoms with Crippen molar-refractivity contribution in [3.8, 4) is 5.75 Å². The Morgan fingerprint density at radius 3 is 2.71 bits per heavy atom. The van der Waals surface area contributed by atoms with E-state index in [0.29, 0.717) is 18.5 Å². The normalized spacial score (nSPS) is 20.3. The summed E-state index contributed by atoms with van der Waals surface area (Å²) in [6.07, 6.45) is 0.351. The Balaban J connectivity index is 1.91. The molecular formula is C15H17F3N2O4. The zero-order valence-corrected chi connectivity index (χ0v) is 12.9. The summed E-state index contributed by atoms with van der Waals surface area (Å²) < 4.78 is 41.7. The predicted molar refractivity (Wildman–Crippen MR) is 77.2 cm³/mol. The highest BCUT2D eigenvalue weighted by atomic mass is 19.3. The lowest BCUT2D eigenvalue weighted by Gasteiger charge is -2.20. The van der Waals surface area contributed by atoms with Gasteiger partial charge in [-0.15, -0.1) is 0 Å². The van der Waals surface area contributed by atoms with Gasteiger partial charge in [-0.2, -0.15) is 8.78 Å². The molecule has 6 nitrogen and oxygen atoms in total.